The second kappa shape index (κ2) is 8.79. The second-order valence-electron chi connectivity index (χ2n) is 7.12. The highest BCUT2D eigenvalue weighted by Crippen LogP contribution is 2.27. The number of para-hydroxylation sites is 1. The largest absolute Gasteiger partial charge is 0.344 e. The Balaban J connectivity index is 2.30. The van der Waals surface area contributed by atoms with Crippen LogP contribution in [0, 0.1) is 13.8 Å². The van der Waals surface area contributed by atoms with Gasteiger partial charge in [-0.05, 0) is 43.4 Å². The maximum Gasteiger partial charge on any atom is 0.274 e. The summed E-state index contributed by atoms with van der Waals surface area (Å²) in [4.78, 5) is 23.8. The average Bonchev–Trinajstić information content (AvgIpc) is 2.60. The van der Waals surface area contributed by atoms with Gasteiger partial charge < -0.3 is 10.2 Å². The first-order valence-electron chi connectivity index (χ1n) is 9.31. The second-order valence-corrected chi connectivity index (χ2v) is 7.12. The lowest BCUT2D eigenvalue weighted by Gasteiger charge is -2.19. The monoisotopic (exact) mass is 354 g/mol. The summed E-state index contributed by atoms with van der Waals surface area (Å²) in [5, 5.41) is 3.07. The first kappa shape index (κ1) is 19.9. The van der Waals surface area contributed by atoms with Crippen molar-refractivity contribution in [2.75, 3.05) is 23.8 Å². The average molecular weight is 354 g/mol. The number of benzene rings is 1. The third-order valence-electron chi connectivity index (χ3n) is 4.43. The number of hydrogen-bond acceptors (Lipinski definition) is 4. The zero-order valence-electron chi connectivity index (χ0n) is 16.8. The lowest BCUT2D eigenvalue weighted by atomic mass is 9.98. The molecule has 1 heterocycles. The number of nitrogens with zero attached hydrogens (tertiary/aromatic N) is 3. The van der Waals surface area contributed by atoms with Crippen molar-refractivity contribution >= 4 is 17.5 Å². The van der Waals surface area contributed by atoms with Gasteiger partial charge in [0, 0.05) is 25.0 Å². The van der Waals surface area contributed by atoms with E-state index in [2.05, 4.69) is 42.1 Å². The highest BCUT2D eigenvalue weighted by Gasteiger charge is 2.16. The molecule has 5 nitrogen and oxygen atoms in total. The van der Waals surface area contributed by atoms with Crippen LogP contribution in [-0.4, -0.2) is 29.5 Å². The number of carbonyl (C=O) groups excluding carboxylic acids is 1. The minimum Gasteiger partial charge on any atom is -0.344 e. The third kappa shape index (κ3) is 4.81. The number of rotatable bonds is 7. The van der Waals surface area contributed by atoms with Crippen LogP contribution in [0.4, 0.5) is 11.6 Å². The molecule has 0 aliphatic carbocycles. The van der Waals surface area contributed by atoms with Crippen LogP contribution < -0.4 is 10.2 Å². The van der Waals surface area contributed by atoms with Gasteiger partial charge in [-0.3, -0.25) is 4.79 Å². The lowest BCUT2D eigenvalue weighted by Crippen LogP contribution is -2.24. The molecule has 0 spiro atoms. The predicted octanol–water partition coefficient (Wildman–Crippen LogP) is 4.71. The van der Waals surface area contributed by atoms with E-state index >= 15 is 0 Å². The maximum atomic E-state index is 12.9. The molecule has 2 rings (SSSR count). The molecule has 26 heavy (non-hydrogen) atoms. The van der Waals surface area contributed by atoms with Crippen LogP contribution in [0.25, 0.3) is 0 Å². The summed E-state index contributed by atoms with van der Waals surface area (Å²) in [6.45, 7) is 11.2. The molecule has 140 valence electrons. The van der Waals surface area contributed by atoms with E-state index in [9.17, 15) is 4.79 Å². The molecule has 1 aromatic carbocycles. The Hall–Kier alpha value is -2.43. The van der Waals surface area contributed by atoms with Gasteiger partial charge in [-0.1, -0.05) is 45.4 Å². The molecule has 1 aromatic heterocycles. The molecule has 0 fully saturated rings. The smallest absolute Gasteiger partial charge is 0.274 e. The normalized spacial score (nSPS) is 10.9. The first-order valence-corrected chi connectivity index (χ1v) is 9.31. The van der Waals surface area contributed by atoms with Gasteiger partial charge in [0.15, 0.2) is 0 Å². The Labute approximate surface area is 156 Å². The quantitative estimate of drug-likeness (QED) is 0.782. The molecule has 2 aromatic rings. The number of nitrogens with one attached hydrogen (secondary N) is 1. The van der Waals surface area contributed by atoms with Gasteiger partial charge >= 0.3 is 0 Å². The van der Waals surface area contributed by atoms with E-state index in [1.807, 2.05) is 37.9 Å². The maximum absolute atomic E-state index is 12.9. The van der Waals surface area contributed by atoms with Gasteiger partial charge in [0.25, 0.3) is 5.91 Å². The molecule has 0 bridgehead atoms. The zero-order chi connectivity index (χ0) is 19.3. The van der Waals surface area contributed by atoms with Crippen LogP contribution in [0.5, 0.6) is 0 Å². The first-order chi connectivity index (χ1) is 12.3. The summed E-state index contributed by atoms with van der Waals surface area (Å²) in [6, 6.07) is 7.83. The van der Waals surface area contributed by atoms with Crippen molar-refractivity contribution in [3.05, 3.63) is 46.8 Å². The van der Waals surface area contributed by atoms with Gasteiger partial charge in [-0.25, -0.2) is 9.97 Å². The van der Waals surface area contributed by atoms with Crippen LogP contribution in [0.3, 0.4) is 0 Å². The summed E-state index contributed by atoms with van der Waals surface area (Å²) in [5.41, 5.74) is 4.25. The molecule has 0 radical (unpaired) electrons. The molecule has 0 atom stereocenters. The van der Waals surface area contributed by atoms with Gasteiger partial charge in [-0.2, -0.15) is 0 Å². The minimum atomic E-state index is -0.197. The molecule has 0 aliphatic heterocycles. The van der Waals surface area contributed by atoms with Crippen molar-refractivity contribution in [3.8, 4) is 0 Å². The fraction of sp³-hybridized carbons (Fsp3) is 0.476. The molecule has 5 heteroatoms. The summed E-state index contributed by atoms with van der Waals surface area (Å²) in [6.07, 6.45) is 2.17. The summed E-state index contributed by atoms with van der Waals surface area (Å²) < 4.78 is 0. The van der Waals surface area contributed by atoms with Crippen LogP contribution >= 0.6 is 0 Å². The van der Waals surface area contributed by atoms with Gasteiger partial charge in [0.1, 0.15) is 5.69 Å². The number of unbranched alkanes of at least 4 members (excludes halogenated alkanes) is 1. The van der Waals surface area contributed by atoms with Crippen LogP contribution in [0.1, 0.15) is 66.8 Å². The van der Waals surface area contributed by atoms with Crippen molar-refractivity contribution in [2.24, 2.45) is 0 Å². The summed E-state index contributed by atoms with van der Waals surface area (Å²) in [5.74, 6) is 0.724. The topological polar surface area (TPSA) is 58.1 Å². The fourth-order valence-corrected chi connectivity index (χ4v) is 2.86. The molecular weight excluding hydrogens is 324 g/mol. The van der Waals surface area contributed by atoms with E-state index in [0.29, 0.717) is 17.6 Å². The Bertz CT molecular complexity index is 771. The lowest BCUT2D eigenvalue weighted by molar-refractivity contribution is 0.102. The van der Waals surface area contributed by atoms with Gasteiger partial charge in [0.2, 0.25) is 5.95 Å². The van der Waals surface area contributed by atoms with E-state index in [0.717, 1.165) is 41.9 Å². The van der Waals surface area contributed by atoms with E-state index in [-0.39, 0.29) is 5.91 Å². The Morgan fingerprint density at radius 1 is 1.23 bits per heavy atom. The minimum absolute atomic E-state index is 0.197. The molecule has 0 saturated heterocycles. The van der Waals surface area contributed by atoms with Crippen LogP contribution in [0.2, 0.25) is 0 Å². The Morgan fingerprint density at radius 3 is 2.62 bits per heavy atom. The van der Waals surface area contributed by atoms with Gasteiger partial charge in [-0.15, -0.1) is 0 Å². The van der Waals surface area contributed by atoms with E-state index in [1.54, 1.807) is 6.07 Å². The summed E-state index contributed by atoms with van der Waals surface area (Å²) in [7, 11) is 1.96. The molecule has 0 saturated carbocycles. The Morgan fingerprint density at radius 2 is 1.96 bits per heavy atom. The van der Waals surface area contributed by atoms with Crippen molar-refractivity contribution in [3.63, 3.8) is 0 Å². The van der Waals surface area contributed by atoms with Crippen LogP contribution in [-0.2, 0) is 0 Å². The molecule has 0 aliphatic rings. The number of carbonyl (C=O) groups is 1. The van der Waals surface area contributed by atoms with E-state index in [1.165, 1.54) is 0 Å². The van der Waals surface area contributed by atoms with Crippen molar-refractivity contribution < 1.29 is 4.79 Å². The van der Waals surface area contributed by atoms with E-state index in [4.69, 9.17) is 0 Å². The van der Waals surface area contributed by atoms with Crippen LogP contribution in [0.15, 0.2) is 24.3 Å². The number of aromatic nitrogens is 2. The third-order valence-corrected chi connectivity index (χ3v) is 4.43. The highest BCUT2D eigenvalue weighted by molar-refractivity contribution is 6.04. The van der Waals surface area contributed by atoms with Gasteiger partial charge in [0.05, 0.1) is 0 Å². The number of hydrogen-bond donors (Lipinski definition) is 1. The SMILES string of the molecule is CCCCN(C)c1nc(C)cc(C(=O)Nc2c(C)cccc2C(C)C)n1. The fourth-order valence-electron chi connectivity index (χ4n) is 2.86. The van der Waals surface area contributed by atoms with Crippen molar-refractivity contribution in [1.82, 2.24) is 9.97 Å². The molecule has 1 N–H and O–H groups in total. The standard InChI is InChI=1S/C21H30N4O/c1-7-8-12-25(6)21-22-16(5)13-18(23-21)20(26)24-19-15(4)10-9-11-17(19)14(2)3/h9-11,13-14H,7-8,12H2,1-6H3,(H,24,26). The number of amides is 1. The predicted molar refractivity (Wildman–Crippen MR) is 108 cm³/mol. The zero-order valence-corrected chi connectivity index (χ0v) is 16.8. The van der Waals surface area contributed by atoms with E-state index < -0.39 is 0 Å². The van der Waals surface area contributed by atoms with Crippen molar-refractivity contribution in [2.45, 2.75) is 53.4 Å². The van der Waals surface area contributed by atoms with Crippen molar-refractivity contribution in [1.29, 1.82) is 0 Å². The highest BCUT2D eigenvalue weighted by atomic mass is 16.1. The molecular formula is C21H30N4O. The summed E-state index contributed by atoms with van der Waals surface area (Å²) >= 11 is 0. The molecule has 0 unspecified atom stereocenters. The molecule has 1 amide bonds. The number of anilines is 2. The number of aryl methyl sites for hydroxylation is 2. The Kier molecular flexibility index (Phi) is 6.72.